The number of nitrogens with zero attached hydrogens (tertiary/aromatic N) is 2. The van der Waals surface area contributed by atoms with Crippen LogP contribution in [-0.4, -0.2) is 24.6 Å². The van der Waals surface area contributed by atoms with Crippen LogP contribution in [0.25, 0.3) is 0 Å². The molecule has 0 spiro atoms. The molecule has 0 N–H and O–H groups in total. The van der Waals surface area contributed by atoms with Crippen LogP contribution < -0.4 is 4.74 Å². The molecule has 2 aromatic rings. The summed E-state index contributed by atoms with van der Waals surface area (Å²) in [6, 6.07) is 4.55. The van der Waals surface area contributed by atoms with Crippen molar-refractivity contribution in [3.05, 3.63) is 42.0 Å². The van der Waals surface area contributed by atoms with Gasteiger partial charge in [0.05, 0.1) is 11.4 Å². The Kier molecular flexibility index (Phi) is 4.35. The Bertz CT molecular complexity index is 710. The lowest BCUT2D eigenvalue weighted by Crippen LogP contribution is -2.09. The first-order valence-corrected chi connectivity index (χ1v) is 8.35. The fraction of sp³-hybridized carbons (Fsp3) is 0.308. The number of rotatable bonds is 5. The zero-order chi connectivity index (χ0) is 14.8. The third-order valence-electron chi connectivity index (χ3n) is 2.94. The van der Waals surface area contributed by atoms with Crippen molar-refractivity contribution in [3.63, 3.8) is 0 Å². The molecule has 0 fully saturated rings. The van der Waals surface area contributed by atoms with Gasteiger partial charge in [-0.2, -0.15) is 0 Å². The molecule has 1 aromatic carbocycles. The van der Waals surface area contributed by atoms with Gasteiger partial charge in [-0.25, -0.2) is 13.4 Å². The molecule has 108 valence electrons. The standard InChI is InChI=1S/C13H15ClN2O3S/c1-10-9-12(20(14,17)18)3-4-13(10)19-8-7-16-6-5-15-11(16)2/h3-6,9H,7-8H2,1-2H3. The van der Waals surface area contributed by atoms with Gasteiger partial charge in [0.15, 0.2) is 0 Å². The summed E-state index contributed by atoms with van der Waals surface area (Å²) < 4.78 is 30.1. The first kappa shape index (κ1) is 14.9. The summed E-state index contributed by atoms with van der Waals surface area (Å²) in [6.45, 7) is 4.86. The van der Waals surface area contributed by atoms with Crippen LogP contribution in [0.15, 0.2) is 35.5 Å². The van der Waals surface area contributed by atoms with Crippen LogP contribution in [0.3, 0.4) is 0 Å². The molecule has 1 heterocycles. The number of hydrogen-bond acceptors (Lipinski definition) is 4. The highest BCUT2D eigenvalue weighted by Crippen LogP contribution is 2.23. The van der Waals surface area contributed by atoms with E-state index in [-0.39, 0.29) is 4.90 Å². The molecule has 0 aliphatic carbocycles. The Morgan fingerprint density at radius 3 is 2.65 bits per heavy atom. The third kappa shape index (κ3) is 3.52. The van der Waals surface area contributed by atoms with Gasteiger partial charge in [-0.3, -0.25) is 0 Å². The van der Waals surface area contributed by atoms with Crippen LogP contribution >= 0.6 is 10.7 Å². The topological polar surface area (TPSA) is 61.2 Å². The Balaban J connectivity index is 2.02. The predicted molar refractivity (Wildman–Crippen MR) is 76.7 cm³/mol. The number of aromatic nitrogens is 2. The van der Waals surface area contributed by atoms with Gasteiger partial charge >= 0.3 is 0 Å². The molecule has 0 atom stereocenters. The van der Waals surface area contributed by atoms with Gasteiger partial charge in [0.25, 0.3) is 9.05 Å². The first-order valence-electron chi connectivity index (χ1n) is 6.04. The van der Waals surface area contributed by atoms with Crippen molar-refractivity contribution < 1.29 is 13.2 Å². The van der Waals surface area contributed by atoms with E-state index >= 15 is 0 Å². The fourth-order valence-electron chi connectivity index (χ4n) is 1.83. The maximum absolute atomic E-state index is 11.2. The highest BCUT2D eigenvalue weighted by molar-refractivity contribution is 8.13. The summed E-state index contributed by atoms with van der Waals surface area (Å²) in [5.74, 6) is 1.57. The summed E-state index contributed by atoms with van der Waals surface area (Å²) in [5.41, 5.74) is 0.731. The Morgan fingerprint density at radius 2 is 2.10 bits per heavy atom. The predicted octanol–water partition coefficient (Wildman–Crippen LogP) is 2.51. The van der Waals surface area contributed by atoms with Crippen molar-refractivity contribution >= 4 is 19.7 Å². The average molecular weight is 315 g/mol. The fourth-order valence-corrected chi connectivity index (χ4v) is 2.67. The summed E-state index contributed by atoms with van der Waals surface area (Å²) in [7, 11) is 1.59. The van der Waals surface area contributed by atoms with Crippen LogP contribution in [0.5, 0.6) is 5.75 Å². The van der Waals surface area contributed by atoms with Crippen molar-refractivity contribution in [1.29, 1.82) is 0 Å². The quantitative estimate of drug-likeness (QED) is 0.796. The van der Waals surface area contributed by atoms with Gasteiger partial charge in [-0.1, -0.05) is 0 Å². The molecular formula is C13H15ClN2O3S. The second-order valence-corrected chi connectivity index (χ2v) is 6.95. The highest BCUT2D eigenvalue weighted by Gasteiger charge is 2.11. The van der Waals surface area contributed by atoms with Crippen LogP contribution in [0, 0.1) is 13.8 Å². The van der Waals surface area contributed by atoms with Crippen molar-refractivity contribution in [2.24, 2.45) is 0 Å². The van der Waals surface area contributed by atoms with E-state index in [1.165, 1.54) is 12.1 Å². The van der Waals surface area contributed by atoms with E-state index < -0.39 is 9.05 Å². The summed E-state index contributed by atoms with van der Waals surface area (Å²) in [6.07, 6.45) is 3.62. The molecule has 0 unspecified atom stereocenters. The highest BCUT2D eigenvalue weighted by atomic mass is 35.7. The third-order valence-corrected chi connectivity index (χ3v) is 4.29. The molecule has 0 bridgehead atoms. The largest absolute Gasteiger partial charge is 0.491 e. The monoisotopic (exact) mass is 314 g/mol. The van der Waals surface area contributed by atoms with E-state index in [1.54, 1.807) is 19.2 Å². The molecule has 0 aliphatic heterocycles. The zero-order valence-electron chi connectivity index (χ0n) is 11.2. The van der Waals surface area contributed by atoms with E-state index in [9.17, 15) is 8.42 Å². The minimum absolute atomic E-state index is 0.0782. The van der Waals surface area contributed by atoms with Gasteiger partial charge in [0.2, 0.25) is 0 Å². The second-order valence-electron chi connectivity index (χ2n) is 4.38. The van der Waals surface area contributed by atoms with E-state index in [4.69, 9.17) is 15.4 Å². The molecule has 0 saturated carbocycles. The molecular weight excluding hydrogens is 300 g/mol. The molecule has 0 amide bonds. The minimum atomic E-state index is -3.70. The first-order chi connectivity index (χ1) is 9.38. The lowest BCUT2D eigenvalue weighted by molar-refractivity contribution is 0.295. The van der Waals surface area contributed by atoms with Gasteiger partial charge in [-0.05, 0) is 37.6 Å². The minimum Gasteiger partial charge on any atom is -0.491 e. The van der Waals surface area contributed by atoms with Gasteiger partial charge in [-0.15, -0.1) is 0 Å². The number of ether oxygens (including phenoxy) is 1. The molecule has 0 radical (unpaired) electrons. The molecule has 2 rings (SSSR count). The van der Waals surface area contributed by atoms with Crippen molar-refractivity contribution in [2.75, 3.05) is 6.61 Å². The number of aryl methyl sites for hydroxylation is 2. The van der Waals surface area contributed by atoms with Crippen molar-refractivity contribution in [2.45, 2.75) is 25.3 Å². The summed E-state index contributed by atoms with van der Waals surface area (Å²) in [4.78, 5) is 4.20. The van der Waals surface area contributed by atoms with Crippen LogP contribution in [0.1, 0.15) is 11.4 Å². The molecule has 0 aliphatic rings. The van der Waals surface area contributed by atoms with E-state index in [2.05, 4.69) is 4.98 Å². The number of benzene rings is 1. The molecule has 7 heteroatoms. The van der Waals surface area contributed by atoms with E-state index in [1.807, 2.05) is 17.7 Å². The molecule has 1 aromatic heterocycles. The zero-order valence-corrected chi connectivity index (χ0v) is 12.8. The van der Waals surface area contributed by atoms with Crippen molar-refractivity contribution in [1.82, 2.24) is 9.55 Å². The van der Waals surface area contributed by atoms with E-state index in [0.717, 1.165) is 11.4 Å². The second kappa shape index (κ2) is 5.85. The van der Waals surface area contributed by atoms with Gasteiger partial charge in [0, 0.05) is 23.1 Å². The normalized spacial score (nSPS) is 11.6. The van der Waals surface area contributed by atoms with Crippen LogP contribution in [-0.2, 0) is 15.6 Å². The Labute approximate surface area is 122 Å². The summed E-state index contributed by atoms with van der Waals surface area (Å²) >= 11 is 0. The molecule has 5 nitrogen and oxygen atoms in total. The SMILES string of the molecule is Cc1cc(S(=O)(=O)Cl)ccc1OCCn1ccnc1C. The summed E-state index contributed by atoms with van der Waals surface area (Å²) in [5, 5.41) is 0. The average Bonchev–Trinajstić information content (AvgIpc) is 2.76. The smallest absolute Gasteiger partial charge is 0.261 e. The maximum Gasteiger partial charge on any atom is 0.261 e. The lowest BCUT2D eigenvalue weighted by Gasteiger charge is -2.11. The maximum atomic E-state index is 11.2. The molecule has 20 heavy (non-hydrogen) atoms. The van der Waals surface area contributed by atoms with Crippen LogP contribution in [0.4, 0.5) is 0 Å². The van der Waals surface area contributed by atoms with E-state index in [0.29, 0.717) is 18.9 Å². The van der Waals surface area contributed by atoms with Crippen molar-refractivity contribution in [3.8, 4) is 5.75 Å². The Morgan fingerprint density at radius 1 is 1.35 bits per heavy atom. The number of hydrogen-bond donors (Lipinski definition) is 0. The lowest BCUT2D eigenvalue weighted by atomic mass is 10.2. The van der Waals surface area contributed by atoms with Gasteiger partial charge in [0.1, 0.15) is 18.2 Å². The number of imidazole rings is 1. The van der Waals surface area contributed by atoms with Gasteiger partial charge < -0.3 is 9.30 Å². The number of halogens is 1. The van der Waals surface area contributed by atoms with Crippen LogP contribution in [0.2, 0.25) is 0 Å². The Hall–Kier alpha value is -1.53. The molecule has 0 saturated heterocycles.